The van der Waals surface area contributed by atoms with Gasteiger partial charge in [0.05, 0.1) is 6.42 Å². The van der Waals surface area contributed by atoms with Gasteiger partial charge in [0.2, 0.25) is 11.8 Å². The monoisotopic (exact) mass is 478 g/mol. The van der Waals surface area contributed by atoms with E-state index in [1.807, 2.05) is 6.92 Å². The van der Waals surface area contributed by atoms with Gasteiger partial charge in [-0.2, -0.15) is 0 Å². The largest absolute Gasteiger partial charge is 0.352 e. The van der Waals surface area contributed by atoms with Crippen molar-refractivity contribution in [3.63, 3.8) is 0 Å². The molecule has 0 spiro atoms. The van der Waals surface area contributed by atoms with Crippen molar-refractivity contribution in [1.82, 2.24) is 10.2 Å². The van der Waals surface area contributed by atoms with Gasteiger partial charge in [0.25, 0.3) is 0 Å². The second-order valence-corrected chi connectivity index (χ2v) is 9.11. The maximum absolute atomic E-state index is 13.4. The van der Waals surface area contributed by atoms with Crippen LogP contribution in [0.2, 0.25) is 10.0 Å². The number of benzene rings is 2. The predicted octanol–water partition coefficient (Wildman–Crippen LogP) is 5.93. The average Bonchev–Trinajstić information content (AvgIpc) is 2.78. The molecule has 1 aliphatic rings. The zero-order valence-corrected chi connectivity index (χ0v) is 19.8. The van der Waals surface area contributed by atoms with Crippen LogP contribution in [0.15, 0.2) is 42.5 Å². The minimum atomic E-state index is -0.643. The molecule has 1 unspecified atom stereocenters. The minimum Gasteiger partial charge on any atom is -0.352 e. The molecule has 0 aromatic heterocycles. The highest BCUT2D eigenvalue weighted by Gasteiger charge is 2.31. The summed E-state index contributed by atoms with van der Waals surface area (Å²) in [7, 11) is 0. The lowest BCUT2D eigenvalue weighted by molar-refractivity contribution is -0.141. The SMILES string of the molecule is CCC(C(=O)NC1CCCCC1)N(Cc1ccc(F)cc1)C(=O)Cc1c(Cl)cccc1Cl. The zero-order valence-electron chi connectivity index (χ0n) is 18.3. The van der Waals surface area contributed by atoms with Crippen LogP contribution in [0.3, 0.4) is 0 Å². The molecule has 32 heavy (non-hydrogen) atoms. The third-order valence-electron chi connectivity index (χ3n) is 5.99. The lowest BCUT2D eigenvalue weighted by Crippen LogP contribution is -2.52. The smallest absolute Gasteiger partial charge is 0.243 e. The van der Waals surface area contributed by atoms with Crippen molar-refractivity contribution in [2.75, 3.05) is 0 Å². The standard InChI is InChI=1S/C25H29Cl2FN2O2/c1-2-23(25(32)29-19-7-4-3-5-8-19)30(16-17-11-13-18(28)14-12-17)24(31)15-20-21(26)9-6-10-22(20)27/h6,9-14,19,23H,2-5,7-8,15-16H2,1H3,(H,29,32). The summed E-state index contributed by atoms with van der Waals surface area (Å²) in [6.45, 7) is 2.08. The highest BCUT2D eigenvalue weighted by atomic mass is 35.5. The summed E-state index contributed by atoms with van der Waals surface area (Å²) in [5, 5.41) is 3.96. The van der Waals surface area contributed by atoms with Gasteiger partial charge < -0.3 is 10.2 Å². The van der Waals surface area contributed by atoms with Gasteiger partial charge in [-0.05, 0) is 54.7 Å². The molecule has 2 aromatic rings. The Morgan fingerprint density at radius 2 is 1.69 bits per heavy atom. The van der Waals surface area contributed by atoms with Gasteiger partial charge in [0, 0.05) is 22.6 Å². The third kappa shape index (κ3) is 6.46. The van der Waals surface area contributed by atoms with E-state index in [1.165, 1.54) is 18.6 Å². The number of carbonyl (C=O) groups excluding carboxylic acids is 2. The van der Waals surface area contributed by atoms with E-state index >= 15 is 0 Å². The fourth-order valence-electron chi connectivity index (χ4n) is 4.20. The van der Waals surface area contributed by atoms with Crippen molar-refractivity contribution in [3.05, 3.63) is 69.5 Å². The summed E-state index contributed by atoms with van der Waals surface area (Å²) in [4.78, 5) is 28.2. The van der Waals surface area contributed by atoms with Crippen LogP contribution in [0.5, 0.6) is 0 Å². The average molecular weight is 479 g/mol. The van der Waals surface area contributed by atoms with Crippen LogP contribution in [0.25, 0.3) is 0 Å². The van der Waals surface area contributed by atoms with Crippen LogP contribution in [0, 0.1) is 5.82 Å². The number of hydrogen-bond donors (Lipinski definition) is 1. The first kappa shape index (κ1) is 24.5. The summed E-state index contributed by atoms with van der Waals surface area (Å²) >= 11 is 12.6. The Kier molecular flexibility index (Phi) is 8.94. The molecule has 0 heterocycles. The Morgan fingerprint density at radius 3 is 2.28 bits per heavy atom. The summed E-state index contributed by atoms with van der Waals surface area (Å²) in [6, 6.07) is 10.6. The van der Waals surface area contributed by atoms with Crippen LogP contribution >= 0.6 is 23.2 Å². The first-order chi connectivity index (χ1) is 15.4. The molecule has 0 aliphatic heterocycles. The van der Waals surface area contributed by atoms with E-state index in [-0.39, 0.29) is 36.6 Å². The van der Waals surface area contributed by atoms with Crippen molar-refractivity contribution in [1.29, 1.82) is 0 Å². The van der Waals surface area contributed by atoms with Crippen LogP contribution in [-0.4, -0.2) is 28.8 Å². The second kappa shape index (κ2) is 11.7. The molecule has 0 bridgehead atoms. The van der Waals surface area contributed by atoms with E-state index in [9.17, 15) is 14.0 Å². The molecular weight excluding hydrogens is 450 g/mol. The Morgan fingerprint density at radius 1 is 1.06 bits per heavy atom. The summed E-state index contributed by atoms with van der Waals surface area (Å²) < 4.78 is 13.4. The van der Waals surface area contributed by atoms with E-state index in [2.05, 4.69) is 5.32 Å². The summed E-state index contributed by atoms with van der Waals surface area (Å²) in [5.74, 6) is -0.758. The predicted molar refractivity (Wildman–Crippen MR) is 126 cm³/mol. The van der Waals surface area contributed by atoms with Crippen molar-refractivity contribution in [2.45, 2.75) is 70.5 Å². The summed E-state index contributed by atoms with van der Waals surface area (Å²) in [6.07, 6.45) is 5.76. The van der Waals surface area contributed by atoms with Crippen molar-refractivity contribution >= 4 is 35.0 Å². The maximum atomic E-state index is 13.4. The molecule has 2 aromatic carbocycles. The molecule has 2 amide bonds. The molecule has 7 heteroatoms. The second-order valence-electron chi connectivity index (χ2n) is 8.29. The van der Waals surface area contributed by atoms with Crippen LogP contribution in [-0.2, 0) is 22.6 Å². The van der Waals surface area contributed by atoms with Gasteiger partial charge >= 0.3 is 0 Å². The van der Waals surface area contributed by atoms with Gasteiger partial charge in [0.1, 0.15) is 11.9 Å². The van der Waals surface area contributed by atoms with Gasteiger partial charge in [0.15, 0.2) is 0 Å². The van der Waals surface area contributed by atoms with Crippen molar-refractivity contribution in [3.8, 4) is 0 Å². The van der Waals surface area contributed by atoms with Crippen molar-refractivity contribution < 1.29 is 14.0 Å². The molecule has 4 nitrogen and oxygen atoms in total. The number of nitrogens with zero attached hydrogens (tertiary/aromatic N) is 1. The molecule has 1 saturated carbocycles. The normalized spacial score (nSPS) is 15.2. The molecule has 3 rings (SSSR count). The van der Waals surface area contributed by atoms with E-state index in [0.29, 0.717) is 22.0 Å². The van der Waals surface area contributed by atoms with Crippen LogP contribution in [0.4, 0.5) is 4.39 Å². The minimum absolute atomic E-state index is 0.0209. The molecule has 1 fully saturated rings. The lowest BCUT2D eigenvalue weighted by atomic mass is 9.95. The Hall–Kier alpha value is -2.11. The van der Waals surface area contributed by atoms with Gasteiger partial charge in [-0.3, -0.25) is 9.59 Å². The fraction of sp³-hybridized carbons (Fsp3) is 0.440. The maximum Gasteiger partial charge on any atom is 0.243 e. The first-order valence-electron chi connectivity index (χ1n) is 11.2. The van der Waals surface area contributed by atoms with E-state index in [0.717, 1.165) is 31.2 Å². The zero-order chi connectivity index (χ0) is 23.1. The molecule has 172 valence electrons. The number of hydrogen-bond acceptors (Lipinski definition) is 2. The number of nitrogens with one attached hydrogen (secondary N) is 1. The van der Waals surface area contributed by atoms with Crippen molar-refractivity contribution in [2.24, 2.45) is 0 Å². The number of rotatable bonds is 8. The molecule has 1 N–H and O–H groups in total. The van der Waals surface area contributed by atoms with E-state index in [4.69, 9.17) is 23.2 Å². The molecule has 1 atom stereocenters. The van der Waals surface area contributed by atoms with Crippen LogP contribution < -0.4 is 5.32 Å². The van der Waals surface area contributed by atoms with Gasteiger partial charge in [-0.15, -0.1) is 0 Å². The highest BCUT2D eigenvalue weighted by molar-refractivity contribution is 6.36. The third-order valence-corrected chi connectivity index (χ3v) is 6.70. The number of halogens is 3. The highest BCUT2D eigenvalue weighted by Crippen LogP contribution is 2.26. The Labute approximate surface area is 199 Å². The molecule has 1 aliphatic carbocycles. The lowest BCUT2D eigenvalue weighted by Gasteiger charge is -2.33. The molecular formula is C25H29Cl2FN2O2. The summed E-state index contributed by atoms with van der Waals surface area (Å²) in [5.41, 5.74) is 1.28. The number of carbonyl (C=O) groups is 2. The number of amides is 2. The topological polar surface area (TPSA) is 49.4 Å². The fourth-order valence-corrected chi connectivity index (χ4v) is 4.74. The molecule has 0 radical (unpaired) electrons. The van der Waals surface area contributed by atoms with Gasteiger partial charge in [-0.25, -0.2) is 4.39 Å². The quantitative estimate of drug-likeness (QED) is 0.510. The van der Waals surface area contributed by atoms with E-state index in [1.54, 1.807) is 35.2 Å². The van der Waals surface area contributed by atoms with Gasteiger partial charge in [-0.1, -0.05) is 67.6 Å². The first-order valence-corrected chi connectivity index (χ1v) is 11.9. The van der Waals surface area contributed by atoms with E-state index < -0.39 is 6.04 Å². The Balaban J connectivity index is 1.84. The molecule has 0 saturated heterocycles. The Bertz CT molecular complexity index is 910. The van der Waals surface area contributed by atoms with Crippen LogP contribution in [0.1, 0.15) is 56.6 Å².